The van der Waals surface area contributed by atoms with Crippen molar-refractivity contribution in [1.82, 2.24) is 9.80 Å². The molecule has 10 heteroatoms. The molecule has 34 heavy (non-hydrogen) atoms. The van der Waals surface area contributed by atoms with E-state index in [1.54, 1.807) is 48.4 Å². The van der Waals surface area contributed by atoms with E-state index in [-0.39, 0.29) is 17.4 Å². The number of hydrogen-bond acceptors (Lipinski definition) is 7. The number of morpholine rings is 1. The molecule has 2 aromatic carbocycles. The van der Waals surface area contributed by atoms with Gasteiger partial charge in [0.15, 0.2) is 11.5 Å². The summed E-state index contributed by atoms with van der Waals surface area (Å²) in [5.41, 5.74) is 1.60. The van der Waals surface area contributed by atoms with Crippen molar-refractivity contribution in [3.63, 3.8) is 0 Å². The molecule has 0 N–H and O–H groups in total. The summed E-state index contributed by atoms with van der Waals surface area (Å²) in [7, 11) is 1.54. The zero-order valence-electron chi connectivity index (χ0n) is 18.5. The quantitative estimate of drug-likeness (QED) is 0.532. The molecule has 2 heterocycles. The number of halogens is 1. The maximum atomic E-state index is 12.8. The summed E-state index contributed by atoms with van der Waals surface area (Å²) >= 11 is 6.74. The minimum atomic E-state index is -0.490. The fourth-order valence-electron chi connectivity index (χ4n) is 3.47. The lowest BCUT2D eigenvalue weighted by atomic mass is 10.1. The second kappa shape index (κ2) is 10.9. The fraction of sp³-hybridized carbons (Fsp3) is 0.292. The molecule has 2 aliphatic rings. The van der Waals surface area contributed by atoms with E-state index < -0.39 is 11.1 Å². The topological polar surface area (TPSA) is 85.4 Å². The molecule has 0 spiro atoms. The molecular formula is C24H23ClN2O6S. The van der Waals surface area contributed by atoms with Crippen LogP contribution in [0.2, 0.25) is 5.02 Å². The molecular weight excluding hydrogens is 480 g/mol. The largest absolute Gasteiger partial charge is 0.493 e. The van der Waals surface area contributed by atoms with Crippen LogP contribution in [-0.4, -0.2) is 66.8 Å². The maximum absolute atomic E-state index is 12.8. The van der Waals surface area contributed by atoms with Crippen molar-refractivity contribution in [2.75, 3.05) is 40.0 Å². The predicted molar refractivity (Wildman–Crippen MR) is 129 cm³/mol. The highest BCUT2D eigenvalue weighted by Crippen LogP contribution is 2.35. The van der Waals surface area contributed by atoms with Crippen molar-refractivity contribution in [2.24, 2.45) is 0 Å². The first kappa shape index (κ1) is 24.1. The molecule has 0 saturated carbocycles. The summed E-state index contributed by atoms with van der Waals surface area (Å²) < 4.78 is 16.5. The van der Waals surface area contributed by atoms with E-state index in [2.05, 4.69) is 0 Å². The molecule has 3 amide bonds. The first-order valence-electron chi connectivity index (χ1n) is 10.6. The van der Waals surface area contributed by atoms with E-state index in [1.165, 1.54) is 0 Å². The van der Waals surface area contributed by atoms with Crippen LogP contribution in [0.3, 0.4) is 0 Å². The number of benzene rings is 2. The molecule has 0 aromatic heterocycles. The Balaban J connectivity index is 1.46. The molecule has 4 rings (SSSR count). The highest BCUT2D eigenvalue weighted by molar-refractivity contribution is 8.18. The summed E-state index contributed by atoms with van der Waals surface area (Å²) in [5, 5.41) is 0.175. The van der Waals surface area contributed by atoms with Crippen molar-refractivity contribution >= 4 is 46.5 Å². The number of imide groups is 1. The van der Waals surface area contributed by atoms with Gasteiger partial charge in [0.05, 0.1) is 25.2 Å². The van der Waals surface area contributed by atoms with Crippen molar-refractivity contribution in [3.05, 3.63) is 63.5 Å². The molecule has 0 radical (unpaired) electrons. The Kier molecular flexibility index (Phi) is 7.77. The zero-order valence-corrected chi connectivity index (χ0v) is 20.1. The monoisotopic (exact) mass is 502 g/mol. The van der Waals surface area contributed by atoms with Crippen LogP contribution >= 0.6 is 23.4 Å². The lowest BCUT2D eigenvalue weighted by Crippen LogP contribution is -2.46. The molecule has 2 aromatic rings. The van der Waals surface area contributed by atoms with Gasteiger partial charge in [-0.25, -0.2) is 0 Å². The maximum Gasteiger partial charge on any atom is 0.294 e. The average molecular weight is 503 g/mol. The lowest BCUT2D eigenvalue weighted by Gasteiger charge is -2.28. The van der Waals surface area contributed by atoms with Gasteiger partial charge in [-0.15, -0.1) is 0 Å². The Hall–Kier alpha value is -3.01. The third kappa shape index (κ3) is 5.72. The Labute approximate surface area is 206 Å². The van der Waals surface area contributed by atoms with Crippen LogP contribution in [0, 0.1) is 0 Å². The van der Waals surface area contributed by atoms with Crippen molar-refractivity contribution < 1.29 is 28.6 Å². The molecule has 2 saturated heterocycles. The first-order valence-corrected chi connectivity index (χ1v) is 11.8. The number of thioether (sulfide) groups is 1. The third-order valence-electron chi connectivity index (χ3n) is 5.32. The van der Waals surface area contributed by atoms with Crippen LogP contribution in [0.25, 0.3) is 6.08 Å². The van der Waals surface area contributed by atoms with Crippen LogP contribution in [0.4, 0.5) is 4.79 Å². The van der Waals surface area contributed by atoms with Crippen molar-refractivity contribution in [1.29, 1.82) is 0 Å². The standard InChI is InChI=1S/C24H23ClN2O6S/c1-31-19-7-4-17(12-20(19)33-15-16-2-5-18(25)6-3-16)13-21-23(29)27(24(30)34-21)14-22(28)26-8-10-32-11-9-26/h2-7,12-13H,8-11,14-15H2,1H3/b21-13-. The highest BCUT2D eigenvalue weighted by atomic mass is 35.5. The number of hydrogen-bond donors (Lipinski definition) is 0. The lowest BCUT2D eigenvalue weighted by molar-refractivity contribution is -0.139. The molecule has 8 nitrogen and oxygen atoms in total. The van der Waals surface area contributed by atoms with E-state index >= 15 is 0 Å². The summed E-state index contributed by atoms with van der Waals surface area (Å²) in [6, 6.07) is 12.5. The van der Waals surface area contributed by atoms with Gasteiger partial charge in [0.1, 0.15) is 13.2 Å². The molecule has 0 atom stereocenters. The van der Waals surface area contributed by atoms with Crippen molar-refractivity contribution in [2.45, 2.75) is 6.61 Å². The Morgan fingerprint density at radius 1 is 1.12 bits per heavy atom. The number of carbonyl (C=O) groups is 3. The van der Waals surface area contributed by atoms with Gasteiger partial charge >= 0.3 is 0 Å². The number of carbonyl (C=O) groups excluding carboxylic acids is 3. The number of ether oxygens (including phenoxy) is 3. The fourth-order valence-corrected chi connectivity index (χ4v) is 4.44. The summed E-state index contributed by atoms with van der Waals surface area (Å²) in [5.74, 6) is 0.272. The second-order valence-corrected chi connectivity index (χ2v) is 9.02. The van der Waals surface area contributed by atoms with Crippen LogP contribution in [0.15, 0.2) is 47.4 Å². The SMILES string of the molecule is COc1ccc(/C=C2\SC(=O)N(CC(=O)N3CCOCC3)C2=O)cc1OCc1ccc(Cl)cc1. The molecule has 178 valence electrons. The number of methoxy groups -OCH3 is 1. The number of amides is 3. The Bertz CT molecular complexity index is 1110. The molecule has 0 aliphatic carbocycles. The summed E-state index contributed by atoms with van der Waals surface area (Å²) in [6.45, 7) is 1.84. The number of rotatable bonds is 7. The average Bonchev–Trinajstić information content (AvgIpc) is 3.11. The van der Waals surface area contributed by atoms with Crippen LogP contribution in [-0.2, 0) is 20.9 Å². The van der Waals surface area contributed by atoms with Gasteiger partial charge in [-0.2, -0.15) is 0 Å². The minimum Gasteiger partial charge on any atom is -0.493 e. The summed E-state index contributed by atoms with van der Waals surface area (Å²) in [4.78, 5) is 40.6. The van der Waals surface area contributed by atoms with E-state index in [9.17, 15) is 14.4 Å². The zero-order chi connectivity index (χ0) is 24.1. The van der Waals surface area contributed by atoms with E-state index in [0.717, 1.165) is 22.2 Å². The van der Waals surface area contributed by atoms with Crippen LogP contribution in [0.1, 0.15) is 11.1 Å². The third-order valence-corrected chi connectivity index (χ3v) is 6.48. The van der Waals surface area contributed by atoms with Crippen LogP contribution in [0.5, 0.6) is 11.5 Å². The van der Waals surface area contributed by atoms with Gasteiger partial charge in [-0.05, 0) is 53.2 Å². The number of nitrogens with zero attached hydrogens (tertiary/aromatic N) is 2. The predicted octanol–water partition coefficient (Wildman–Crippen LogP) is 3.82. The smallest absolute Gasteiger partial charge is 0.294 e. The van der Waals surface area contributed by atoms with Gasteiger partial charge in [0.2, 0.25) is 5.91 Å². The van der Waals surface area contributed by atoms with Crippen LogP contribution < -0.4 is 9.47 Å². The molecule has 2 fully saturated rings. The van der Waals surface area contributed by atoms with E-state index in [0.29, 0.717) is 55.0 Å². The minimum absolute atomic E-state index is 0.244. The molecule has 2 aliphatic heterocycles. The Morgan fingerprint density at radius 3 is 2.56 bits per heavy atom. The van der Waals surface area contributed by atoms with E-state index in [1.807, 2.05) is 12.1 Å². The summed E-state index contributed by atoms with van der Waals surface area (Å²) in [6.07, 6.45) is 1.61. The second-order valence-electron chi connectivity index (χ2n) is 7.59. The van der Waals surface area contributed by atoms with Gasteiger partial charge < -0.3 is 19.1 Å². The molecule has 0 unspecified atom stereocenters. The van der Waals surface area contributed by atoms with Gasteiger partial charge in [-0.3, -0.25) is 19.3 Å². The Morgan fingerprint density at radius 2 is 1.85 bits per heavy atom. The highest BCUT2D eigenvalue weighted by Gasteiger charge is 2.37. The first-order chi connectivity index (χ1) is 16.4. The molecule has 0 bridgehead atoms. The van der Waals surface area contributed by atoms with Gasteiger partial charge in [-0.1, -0.05) is 29.8 Å². The normalized spacial score (nSPS) is 17.4. The van der Waals surface area contributed by atoms with Gasteiger partial charge in [0.25, 0.3) is 11.1 Å². The van der Waals surface area contributed by atoms with Gasteiger partial charge in [0, 0.05) is 18.1 Å². The van der Waals surface area contributed by atoms with Crippen molar-refractivity contribution in [3.8, 4) is 11.5 Å². The van der Waals surface area contributed by atoms with E-state index in [4.69, 9.17) is 25.8 Å².